The van der Waals surface area contributed by atoms with Crippen LogP contribution in [0.15, 0.2) is 30.5 Å². The number of carboxylic acid groups (broad SMARTS) is 1. The highest BCUT2D eigenvalue weighted by Crippen LogP contribution is 2.31. The van der Waals surface area contributed by atoms with Crippen molar-refractivity contribution in [1.29, 1.82) is 0 Å². The molecule has 30 heavy (non-hydrogen) atoms. The Balaban J connectivity index is 1.37. The summed E-state index contributed by atoms with van der Waals surface area (Å²) in [7, 11) is 0. The number of likely N-dealkylation sites (tertiary alicyclic amines) is 1. The van der Waals surface area contributed by atoms with Crippen LogP contribution in [0.4, 0.5) is 15.6 Å². The molecule has 9 heteroatoms. The van der Waals surface area contributed by atoms with Crippen molar-refractivity contribution in [3.05, 3.63) is 30.5 Å². The normalized spacial score (nSPS) is 19.1. The van der Waals surface area contributed by atoms with E-state index in [0.29, 0.717) is 24.5 Å². The SMILES string of the molecule is O=C(Nc1ccc(-c2cnc(NC(=O)C3CCCN3C(=O)O)s2)cc1)C1CCCC1. The van der Waals surface area contributed by atoms with Crippen molar-refractivity contribution >= 4 is 40.1 Å². The van der Waals surface area contributed by atoms with E-state index in [1.807, 2.05) is 24.3 Å². The Morgan fingerprint density at radius 3 is 2.43 bits per heavy atom. The van der Waals surface area contributed by atoms with Gasteiger partial charge < -0.3 is 15.7 Å². The first-order valence-electron chi connectivity index (χ1n) is 10.2. The van der Waals surface area contributed by atoms with Crippen molar-refractivity contribution in [1.82, 2.24) is 9.88 Å². The van der Waals surface area contributed by atoms with E-state index in [9.17, 15) is 19.5 Å². The smallest absolute Gasteiger partial charge is 0.407 e. The molecule has 3 N–H and O–H groups in total. The summed E-state index contributed by atoms with van der Waals surface area (Å²) in [5.41, 5.74) is 1.70. The highest BCUT2D eigenvalue weighted by Gasteiger charge is 2.34. The minimum absolute atomic E-state index is 0.0883. The lowest BCUT2D eigenvalue weighted by molar-refractivity contribution is -0.120. The summed E-state index contributed by atoms with van der Waals surface area (Å²) in [6.45, 7) is 0.375. The Bertz CT molecular complexity index is 937. The van der Waals surface area contributed by atoms with Gasteiger partial charge in [-0.25, -0.2) is 9.78 Å². The van der Waals surface area contributed by atoms with Crippen LogP contribution in [0.3, 0.4) is 0 Å². The lowest BCUT2D eigenvalue weighted by Crippen LogP contribution is -2.42. The largest absolute Gasteiger partial charge is 0.465 e. The molecular weight excluding hydrogens is 404 g/mol. The summed E-state index contributed by atoms with van der Waals surface area (Å²) in [5.74, 6) is -0.139. The summed E-state index contributed by atoms with van der Waals surface area (Å²) in [6.07, 6.45) is 5.96. The summed E-state index contributed by atoms with van der Waals surface area (Å²) in [6, 6.07) is 6.88. The number of thiazole rings is 1. The third kappa shape index (κ3) is 4.46. The molecule has 2 aromatic rings. The van der Waals surface area contributed by atoms with Gasteiger partial charge in [-0.15, -0.1) is 0 Å². The Labute approximate surface area is 178 Å². The summed E-state index contributed by atoms with van der Waals surface area (Å²) >= 11 is 1.33. The second-order valence-corrected chi connectivity index (χ2v) is 8.73. The molecule has 3 amide bonds. The van der Waals surface area contributed by atoms with Crippen LogP contribution in [0.1, 0.15) is 38.5 Å². The summed E-state index contributed by atoms with van der Waals surface area (Å²) in [4.78, 5) is 42.2. The molecule has 2 aliphatic rings. The zero-order valence-electron chi connectivity index (χ0n) is 16.5. The number of anilines is 2. The average Bonchev–Trinajstić information content (AvgIpc) is 3.49. The van der Waals surface area contributed by atoms with Gasteiger partial charge in [-0.2, -0.15) is 0 Å². The van der Waals surface area contributed by atoms with E-state index in [-0.39, 0.29) is 17.7 Å². The van der Waals surface area contributed by atoms with Crippen LogP contribution in [0.5, 0.6) is 0 Å². The highest BCUT2D eigenvalue weighted by molar-refractivity contribution is 7.19. The Kier molecular flexibility index (Phi) is 5.98. The van der Waals surface area contributed by atoms with Gasteiger partial charge in [-0.1, -0.05) is 36.3 Å². The Morgan fingerprint density at radius 2 is 1.73 bits per heavy atom. The molecule has 1 unspecified atom stereocenters. The standard InChI is InChI=1S/C21H24N4O4S/c26-18(14-4-1-2-5-14)23-15-9-7-13(8-10-15)17-12-22-20(30-17)24-19(27)16-6-3-11-25(16)21(28)29/h7-10,12,14,16H,1-6,11H2,(H,23,26)(H,28,29)(H,22,24,27). The van der Waals surface area contributed by atoms with Gasteiger partial charge in [0.05, 0.1) is 4.88 Å². The van der Waals surface area contributed by atoms with E-state index in [1.54, 1.807) is 6.20 Å². The lowest BCUT2D eigenvalue weighted by Gasteiger charge is -2.19. The van der Waals surface area contributed by atoms with Gasteiger partial charge in [0, 0.05) is 24.3 Å². The fourth-order valence-corrected chi connectivity index (χ4v) is 4.90. The third-order valence-corrected chi connectivity index (χ3v) is 6.66. The van der Waals surface area contributed by atoms with Gasteiger partial charge in [0.25, 0.3) is 0 Å². The number of carbonyl (C=O) groups is 3. The van der Waals surface area contributed by atoms with Crippen LogP contribution in [0.25, 0.3) is 10.4 Å². The number of rotatable bonds is 5. The first-order chi connectivity index (χ1) is 14.5. The number of carbonyl (C=O) groups excluding carboxylic acids is 2. The molecule has 158 valence electrons. The monoisotopic (exact) mass is 428 g/mol. The predicted octanol–water partition coefficient (Wildman–Crippen LogP) is 4.02. The second-order valence-electron chi connectivity index (χ2n) is 7.70. The van der Waals surface area contributed by atoms with E-state index < -0.39 is 12.1 Å². The average molecular weight is 429 g/mol. The van der Waals surface area contributed by atoms with E-state index in [0.717, 1.165) is 41.8 Å². The molecule has 2 fully saturated rings. The van der Waals surface area contributed by atoms with Crippen molar-refractivity contribution in [3.63, 3.8) is 0 Å². The van der Waals surface area contributed by atoms with Crippen molar-refractivity contribution in [3.8, 4) is 10.4 Å². The molecule has 1 aliphatic carbocycles. The number of hydrogen-bond acceptors (Lipinski definition) is 5. The van der Waals surface area contributed by atoms with Crippen molar-refractivity contribution in [2.75, 3.05) is 17.2 Å². The van der Waals surface area contributed by atoms with Crippen LogP contribution in [-0.2, 0) is 9.59 Å². The number of benzene rings is 1. The molecule has 1 saturated carbocycles. The zero-order valence-corrected chi connectivity index (χ0v) is 17.3. The molecule has 1 aliphatic heterocycles. The van der Waals surface area contributed by atoms with Gasteiger partial charge in [-0.3, -0.25) is 14.5 Å². The number of aromatic nitrogens is 1. The first-order valence-corrected chi connectivity index (χ1v) is 11.0. The highest BCUT2D eigenvalue weighted by atomic mass is 32.1. The van der Waals surface area contributed by atoms with Crippen molar-refractivity contribution in [2.24, 2.45) is 5.92 Å². The predicted molar refractivity (Wildman–Crippen MR) is 115 cm³/mol. The van der Waals surface area contributed by atoms with E-state index >= 15 is 0 Å². The van der Waals surface area contributed by atoms with Gasteiger partial charge >= 0.3 is 6.09 Å². The Morgan fingerprint density at radius 1 is 1.00 bits per heavy atom. The molecule has 2 heterocycles. The van der Waals surface area contributed by atoms with Crippen LogP contribution < -0.4 is 10.6 Å². The minimum Gasteiger partial charge on any atom is -0.465 e. The minimum atomic E-state index is -1.08. The molecule has 8 nitrogen and oxygen atoms in total. The molecule has 1 aromatic heterocycles. The number of nitrogens with zero attached hydrogens (tertiary/aromatic N) is 2. The molecular formula is C21H24N4O4S. The van der Waals surface area contributed by atoms with Crippen LogP contribution in [0, 0.1) is 5.92 Å². The van der Waals surface area contributed by atoms with E-state index in [2.05, 4.69) is 15.6 Å². The molecule has 4 rings (SSSR count). The topological polar surface area (TPSA) is 112 Å². The van der Waals surface area contributed by atoms with E-state index in [1.165, 1.54) is 16.2 Å². The first kappa shape index (κ1) is 20.3. The summed E-state index contributed by atoms with van der Waals surface area (Å²) < 4.78 is 0. The third-order valence-electron chi connectivity index (χ3n) is 5.70. The molecule has 1 saturated heterocycles. The van der Waals surface area contributed by atoms with Gasteiger partial charge in [-0.05, 0) is 43.4 Å². The number of hydrogen-bond donors (Lipinski definition) is 3. The van der Waals surface area contributed by atoms with Crippen LogP contribution in [-0.4, -0.2) is 45.5 Å². The quantitative estimate of drug-likeness (QED) is 0.666. The molecule has 0 bridgehead atoms. The van der Waals surface area contributed by atoms with Gasteiger partial charge in [0.2, 0.25) is 11.8 Å². The van der Waals surface area contributed by atoms with Gasteiger partial charge in [0.1, 0.15) is 6.04 Å². The fourth-order valence-electron chi connectivity index (χ4n) is 4.07. The number of nitrogens with one attached hydrogen (secondary N) is 2. The Hall–Kier alpha value is -2.94. The second kappa shape index (κ2) is 8.83. The maximum Gasteiger partial charge on any atom is 0.407 e. The molecule has 1 atom stereocenters. The van der Waals surface area contributed by atoms with Crippen LogP contribution >= 0.6 is 11.3 Å². The fraction of sp³-hybridized carbons (Fsp3) is 0.429. The molecule has 1 aromatic carbocycles. The van der Waals surface area contributed by atoms with Crippen molar-refractivity contribution < 1.29 is 19.5 Å². The van der Waals surface area contributed by atoms with E-state index in [4.69, 9.17) is 0 Å². The van der Waals surface area contributed by atoms with Gasteiger partial charge in [0.15, 0.2) is 5.13 Å². The number of amides is 3. The maximum atomic E-state index is 12.4. The summed E-state index contributed by atoms with van der Waals surface area (Å²) in [5, 5.41) is 15.3. The van der Waals surface area contributed by atoms with Crippen molar-refractivity contribution in [2.45, 2.75) is 44.6 Å². The van der Waals surface area contributed by atoms with Crippen LogP contribution in [0.2, 0.25) is 0 Å². The molecule has 0 radical (unpaired) electrons. The maximum absolute atomic E-state index is 12.4. The molecule has 0 spiro atoms. The zero-order chi connectivity index (χ0) is 21.1. The lowest BCUT2D eigenvalue weighted by atomic mass is 10.1.